The number of benzene rings is 1. The van der Waals surface area contributed by atoms with E-state index in [1.165, 1.54) is 19.5 Å². The zero-order valence-electron chi connectivity index (χ0n) is 17.5. The zero-order chi connectivity index (χ0) is 22.6. The van der Waals surface area contributed by atoms with E-state index in [1.807, 2.05) is 0 Å². The molecule has 5 rings (SSSR count). The predicted octanol–water partition coefficient (Wildman–Crippen LogP) is 3.60. The second-order valence-corrected chi connectivity index (χ2v) is 8.05. The molecular weight excluding hydrogens is 423 g/mol. The van der Waals surface area contributed by atoms with Crippen molar-refractivity contribution < 1.29 is 22.7 Å². The second-order valence-electron chi connectivity index (χ2n) is 8.05. The highest BCUT2D eigenvalue weighted by atomic mass is 19.2. The van der Waals surface area contributed by atoms with Gasteiger partial charge in [0.15, 0.2) is 17.5 Å². The van der Waals surface area contributed by atoms with Crippen molar-refractivity contribution >= 4 is 5.91 Å². The van der Waals surface area contributed by atoms with Crippen LogP contribution in [0.15, 0.2) is 24.5 Å². The second kappa shape index (κ2) is 7.61. The number of nitrogens with zero attached hydrogens (tertiary/aromatic N) is 5. The number of carbonyl (C=O) groups excluding carboxylic acids is 1. The van der Waals surface area contributed by atoms with Crippen LogP contribution in [0.2, 0.25) is 0 Å². The molecule has 4 heterocycles. The summed E-state index contributed by atoms with van der Waals surface area (Å²) >= 11 is 0. The van der Waals surface area contributed by atoms with Crippen molar-refractivity contribution in [3.05, 3.63) is 58.9 Å². The summed E-state index contributed by atoms with van der Waals surface area (Å²) in [4.78, 5) is 23.3. The Labute approximate surface area is 181 Å². The first kappa shape index (κ1) is 20.5. The average molecular weight is 443 g/mol. The molecule has 3 aromatic rings. The van der Waals surface area contributed by atoms with Crippen LogP contribution in [-0.4, -0.2) is 43.7 Å². The quantitative estimate of drug-likeness (QED) is 0.579. The van der Waals surface area contributed by atoms with Gasteiger partial charge in [-0.15, -0.1) is 0 Å². The van der Waals surface area contributed by atoms with Crippen LogP contribution < -0.4 is 4.74 Å². The van der Waals surface area contributed by atoms with E-state index < -0.39 is 17.5 Å². The van der Waals surface area contributed by atoms with Crippen LogP contribution in [0.1, 0.15) is 47.1 Å². The number of hydrogen-bond acceptors (Lipinski definition) is 5. The lowest BCUT2D eigenvalue weighted by atomic mass is 9.81. The number of aryl methyl sites for hydroxylation is 1. The number of fused-ring (bicyclic) bond motifs is 4. The normalized spacial score (nSPS) is 19.6. The van der Waals surface area contributed by atoms with Gasteiger partial charge in [-0.2, -0.15) is 5.10 Å². The first-order chi connectivity index (χ1) is 15.4. The van der Waals surface area contributed by atoms with Gasteiger partial charge < -0.3 is 9.64 Å². The molecule has 1 aromatic carbocycles. The van der Waals surface area contributed by atoms with Crippen molar-refractivity contribution in [1.82, 2.24) is 24.6 Å². The van der Waals surface area contributed by atoms with Gasteiger partial charge in [0.2, 0.25) is 5.88 Å². The summed E-state index contributed by atoms with van der Waals surface area (Å²) in [5.74, 6) is -3.94. The third kappa shape index (κ3) is 3.12. The minimum Gasteiger partial charge on any atom is -0.481 e. The van der Waals surface area contributed by atoms with E-state index in [9.17, 15) is 18.0 Å². The van der Waals surface area contributed by atoms with Gasteiger partial charge in [0.25, 0.3) is 5.91 Å². The van der Waals surface area contributed by atoms with E-state index in [4.69, 9.17) is 4.74 Å². The molecule has 2 atom stereocenters. The summed E-state index contributed by atoms with van der Waals surface area (Å²) in [5, 5.41) is 4.62. The molecule has 0 radical (unpaired) electrons. The van der Waals surface area contributed by atoms with E-state index in [1.54, 1.807) is 16.6 Å². The molecule has 0 N–H and O–H groups in total. The van der Waals surface area contributed by atoms with Crippen LogP contribution in [0, 0.1) is 17.5 Å². The SMILES string of the molecule is COc1cc(C(=O)N2[C@H]3CCC[C@@H]2c2nn(C)c(-c4cc(F)c(F)c(F)c4)c2C3)ncn1. The molecule has 2 bridgehead atoms. The predicted molar refractivity (Wildman–Crippen MR) is 107 cm³/mol. The summed E-state index contributed by atoms with van der Waals surface area (Å²) in [6, 6.07) is 3.06. The zero-order valence-corrected chi connectivity index (χ0v) is 17.5. The van der Waals surface area contributed by atoms with Gasteiger partial charge in [0.05, 0.1) is 24.5 Å². The summed E-state index contributed by atoms with van der Waals surface area (Å²) in [6.45, 7) is 0. The first-order valence-corrected chi connectivity index (χ1v) is 10.3. The van der Waals surface area contributed by atoms with Gasteiger partial charge in [0.1, 0.15) is 12.0 Å². The number of ether oxygens (including phenoxy) is 1. The van der Waals surface area contributed by atoms with Crippen LogP contribution in [-0.2, 0) is 13.5 Å². The van der Waals surface area contributed by atoms with Crippen molar-refractivity contribution in [3.63, 3.8) is 0 Å². The number of piperidine rings is 1. The number of hydrogen-bond donors (Lipinski definition) is 0. The molecule has 166 valence electrons. The molecule has 0 saturated carbocycles. The number of halogens is 3. The van der Waals surface area contributed by atoms with E-state index in [2.05, 4.69) is 15.1 Å². The summed E-state index contributed by atoms with van der Waals surface area (Å²) in [7, 11) is 3.15. The lowest BCUT2D eigenvalue weighted by Gasteiger charge is -2.45. The van der Waals surface area contributed by atoms with Crippen LogP contribution in [0.4, 0.5) is 13.2 Å². The molecule has 2 aliphatic rings. The van der Waals surface area contributed by atoms with Crippen LogP contribution >= 0.6 is 0 Å². The van der Waals surface area contributed by atoms with Gasteiger partial charge in [-0.25, -0.2) is 23.1 Å². The highest BCUT2D eigenvalue weighted by Crippen LogP contribution is 2.45. The third-order valence-electron chi connectivity index (χ3n) is 6.24. The van der Waals surface area contributed by atoms with E-state index >= 15 is 0 Å². The van der Waals surface area contributed by atoms with Gasteiger partial charge in [-0.1, -0.05) is 0 Å². The van der Waals surface area contributed by atoms with Crippen molar-refractivity contribution in [1.29, 1.82) is 0 Å². The van der Waals surface area contributed by atoms with Gasteiger partial charge in [-0.3, -0.25) is 9.48 Å². The Kier molecular flexibility index (Phi) is 4.87. The fourth-order valence-electron chi connectivity index (χ4n) is 4.90. The average Bonchev–Trinajstić information content (AvgIpc) is 3.11. The Bertz CT molecular complexity index is 1210. The Morgan fingerprint density at radius 3 is 2.59 bits per heavy atom. The molecule has 1 saturated heterocycles. The fourth-order valence-corrected chi connectivity index (χ4v) is 4.90. The smallest absolute Gasteiger partial charge is 0.273 e. The fraction of sp³-hybridized carbons (Fsp3) is 0.364. The molecule has 0 aliphatic carbocycles. The summed E-state index contributed by atoms with van der Waals surface area (Å²) < 4.78 is 48.0. The standard InChI is InChI=1S/C22H20F3N5O2/c1-29-21(11-6-14(23)19(25)15(24)7-11)13-8-12-4-3-5-17(20(13)28-29)30(12)22(31)16-9-18(32-2)27-10-26-16/h6-7,9-10,12,17H,3-5,8H2,1-2H3/t12-,17+/m0/s1. The van der Waals surface area contributed by atoms with Gasteiger partial charge in [0, 0.05) is 30.3 Å². The lowest BCUT2D eigenvalue weighted by molar-refractivity contribution is 0.0385. The maximum Gasteiger partial charge on any atom is 0.273 e. The topological polar surface area (TPSA) is 73.1 Å². The Hall–Kier alpha value is -3.43. The maximum absolute atomic E-state index is 13.9. The number of carbonyl (C=O) groups is 1. The lowest BCUT2D eigenvalue weighted by Crippen LogP contribution is -2.50. The Morgan fingerprint density at radius 1 is 1.12 bits per heavy atom. The van der Waals surface area contributed by atoms with Crippen molar-refractivity contribution in [2.75, 3.05) is 7.11 Å². The van der Waals surface area contributed by atoms with Crippen LogP contribution in [0.25, 0.3) is 11.3 Å². The largest absolute Gasteiger partial charge is 0.481 e. The molecule has 1 fully saturated rings. The number of methoxy groups -OCH3 is 1. The Morgan fingerprint density at radius 2 is 1.88 bits per heavy atom. The molecule has 32 heavy (non-hydrogen) atoms. The molecule has 1 amide bonds. The van der Waals surface area contributed by atoms with Crippen molar-refractivity contribution in [2.45, 2.75) is 37.8 Å². The summed E-state index contributed by atoms with van der Waals surface area (Å²) in [6.07, 6.45) is 4.18. The molecular formula is C22H20F3N5O2. The van der Waals surface area contributed by atoms with Crippen LogP contribution in [0.5, 0.6) is 5.88 Å². The van der Waals surface area contributed by atoms with E-state index in [0.717, 1.165) is 30.5 Å². The maximum atomic E-state index is 13.9. The monoisotopic (exact) mass is 443 g/mol. The van der Waals surface area contributed by atoms with Crippen molar-refractivity contribution in [2.24, 2.45) is 7.05 Å². The van der Waals surface area contributed by atoms with Crippen molar-refractivity contribution in [3.8, 4) is 17.1 Å². The van der Waals surface area contributed by atoms with E-state index in [-0.39, 0.29) is 29.2 Å². The Balaban J connectivity index is 1.58. The molecule has 0 spiro atoms. The molecule has 2 aromatic heterocycles. The van der Waals surface area contributed by atoms with E-state index in [0.29, 0.717) is 30.1 Å². The minimum atomic E-state index is -1.50. The molecule has 2 aliphatic heterocycles. The molecule has 7 nitrogen and oxygen atoms in total. The third-order valence-corrected chi connectivity index (χ3v) is 6.24. The van der Waals surface area contributed by atoms with Gasteiger partial charge in [-0.05, 0) is 37.8 Å². The highest BCUT2D eigenvalue weighted by Gasteiger charge is 2.44. The summed E-state index contributed by atoms with van der Waals surface area (Å²) in [5.41, 5.74) is 2.51. The van der Waals surface area contributed by atoms with Gasteiger partial charge >= 0.3 is 0 Å². The minimum absolute atomic E-state index is 0.118. The molecule has 0 unspecified atom stereocenters. The highest BCUT2D eigenvalue weighted by molar-refractivity contribution is 5.93. The number of aromatic nitrogens is 4. The number of rotatable bonds is 3. The number of amides is 1. The van der Waals surface area contributed by atoms with Crippen LogP contribution in [0.3, 0.4) is 0 Å². The molecule has 10 heteroatoms. The first-order valence-electron chi connectivity index (χ1n) is 10.3.